The highest BCUT2D eigenvalue weighted by atomic mass is 35.5. The van der Waals surface area contributed by atoms with Gasteiger partial charge in [-0.3, -0.25) is 4.79 Å². The van der Waals surface area contributed by atoms with Gasteiger partial charge < -0.3 is 10.8 Å². The maximum absolute atomic E-state index is 13.0. The van der Waals surface area contributed by atoms with Crippen molar-refractivity contribution in [3.8, 4) is 0 Å². The van der Waals surface area contributed by atoms with Gasteiger partial charge in [0.05, 0.1) is 16.0 Å². The molecule has 0 spiro atoms. The van der Waals surface area contributed by atoms with Crippen LogP contribution in [0.5, 0.6) is 0 Å². The maximum atomic E-state index is 13.0. The number of carbonyl (C=O) groups is 1. The number of hydrogen-bond acceptors (Lipinski definition) is 2. The van der Waals surface area contributed by atoms with Gasteiger partial charge in [-0.2, -0.15) is 0 Å². The fraction of sp³-hybridized carbons (Fsp3) is 0.222. The summed E-state index contributed by atoms with van der Waals surface area (Å²) < 4.78 is 13.0. The first-order valence-corrected chi connectivity index (χ1v) is 4.80. The van der Waals surface area contributed by atoms with Crippen LogP contribution in [0.2, 0.25) is 10.0 Å². The number of benzene rings is 1. The second kappa shape index (κ2) is 4.79. The lowest BCUT2D eigenvalue weighted by Gasteiger charge is -2.11. The lowest BCUT2D eigenvalue weighted by molar-refractivity contribution is -0.138. The van der Waals surface area contributed by atoms with Gasteiger partial charge in [0, 0.05) is 6.54 Å². The second-order valence-electron chi connectivity index (χ2n) is 2.93. The zero-order chi connectivity index (χ0) is 11.6. The van der Waals surface area contributed by atoms with E-state index >= 15 is 0 Å². The van der Waals surface area contributed by atoms with Gasteiger partial charge in [0.1, 0.15) is 0 Å². The lowest BCUT2D eigenvalue weighted by Crippen LogP contribution is -2.21. The van der Waals surface area contributed by atoms with Crippen LogP contribution >= 0.6 is 23.2 Å². The molecule has 1 rings (SSSR count). The standard InChI is InChI=1S/C9H8Cl2FNO2/c10-6-1-4(2-7(11)8(6)12)5(3-13)9(14)15/h1-2,5H,3,13H2,(H,14,15). The Bertz CT molecular complexity index is 375. The van der Waals surface area contributed by atoms with E-state index in [0.29, 0.717) is 5.56 Å². The first-order valence-electron chi connectivity index (χ1n) is 4.04. The fourth-order valence-corrected chi connectivity index (χ4v) is 1.66. The van der Waals surface area contributed by atoms with Gasteiger partial charge in [0.25, 0.3) is 0 Å². The van der Waals surface area contributed by atoms with Crippen molar-refractivity contribution in [3.05, 3.63) is 33.6 Å². The van der Waals surface area contributed by atoms with Crippen LogP contribution < -0.4 is 5.73 Å². The Morgan fingerprint density at radius 2 is 1.93 bits per heavy atom. The number of nitrogens with two attached hydrogens (primary N) is 1. The lowest BCUT2D eigenvalue weighted by atomic mass is 9.99. The van der Waals surface area contributed by atoms with Gasteiger partial charge in [-0.1, -0.05) is 23.2 Å². The van der Waals surface area contributed by atoms with Crippen molar-refractivity contribution in [2.24, 2.45) is 5.73 Å². The van der Waals surface area contributed by atoms with E-state index in [1.54, 1.807) is 0 Å². The predicted octanol–water partition coefficient (Wildman–Crippen LogP) is 2.26. The topological polar surface area (TPSA) is 63.3 Å². The summed E-state index contributed by atoms with van der Waals surface area (Å²) in [7, 11) is 0. The maximum Gasteiger partial charge on any atom is 0.312 e. The van der Waals surface area contributed by atoms with E-state index in [9.17, 15) is 9.18 Å². The second-order valence-corrected chi connectivity index (χ2v) is 3.74. The van der Waals surface area contributed by atoms with Gasteiger partial charge >= 0.3 is 5.97 Å². The Kier molecular flexibility index (Phi) is 3.90. The molecule has 6 heteroatoms. The van der Waals surface area contributed by atoms with Crippen LogP contribution in [-0.4, -0.2) is 17.6 Å². The van der Waals surface area contributed by atoms with Crippen LogP contribution in [0.4, 0.5) is 4.39 Å². The minimum absolute atomic E-state index is 0.104. The number of hydrogen-bond donors (Lipinski definition) is 2. The molecule has 0 bridgehead atoms. The molecule has 0 saturated heterocycles. The molecular formula is C9H8Cl2FNO2. The van der Waals surface area contributed by atoms with E-state index in [0.717, 1.165) is 0 Å². The molecule has 0 heterocycles. The van der Waals surface area contributed by atoms with Crippen molar-refractivity contribution in [2.45, 2.75) is 5.92 Å². The molecule has 0 fully saturated rings. The normalized spacial score (nSPS) is 12.5. The molecule has 3 N–H and O–H groups in total. The molecule has 0 amide bonds. The minimum Gasteiger partial charge on any atom is -0.481 e. The average molecular weight is 252 g/mol. The van der Waals surface area contributed by atoms with Crippen LogP contribution in [0.15, 0.2) is 12.1 Å². The Labute approximate surface area is 95.6 Å². The molecule has 3 nitrogen and oxygen atoms in total. The van der Waals surface area contributed by atoms with Gasteiger partial charge in [-0.05, 0) is 17.7 Å². The van der Waals surface area contributed by atoms with Crippen LogP contribution in [0.1, 0.15) is 11.5 Å². The first kappa shape index (κ1) is 12.2. The van der Waals surface area contributed by atoms with Crippen molar-refractivity contribution >= 4 is 29.2 Å². The van der Waals surface area contributed by atoms with Crippen molar-refractivity contribution in [2.75, 3.05) is 6.54 Å². The third-order valence-electron chi connectivity index (χ3n) is 1.94. The summed E-state index contributed by atoms with van der Waals surface area (Å²) in [4.78, 5) is 10.8. The number of rotatable bonds is 3. The number of aliphatic carboxylic acids is 1. The van der Waals surface area contributed by atoms with Crippen LogP contribution in [0, 0.1) is 5.82 Å². The number of carboxylic acids is 1. The molecule has 1 unspecified atom stereocenters. The summed E-state index contributed by atoms with van der Waals surface area (Å²) in [6, 6.07) is 2.43. The molecule has 0 aliphatic rings. The van der Waals surface area contributed by atoms with E-state index < -0.39 is 17.7 Å². The molecule has 1 atom stereocenters. The highest BCUT2D eigenvalue weighted by molar-refractivity contribution is 6.35. The first-order chi connectivity index (χ1) is 6.97. The van der Waals surface area contributed by atoms with E-state index in [2.05, 4.69) is 0 Å². The minimum atomic E-state index is -1.10. The molecule has 0 saturated carbocycles. The van der Waals surface area contributed by atoms with Crippen molar-refractivity contribution in [1.29, 1.82) is 0 Å². The Hall–Kier alpha value is -0.840. The zero-order valence-corrected chi connectivity index (χ0v) is 9.02. The molecule has 0 aliphatic heterocycles. The highest BCUT2D eigenvalue weighted by Crippen LogP contribution is 2.28. The van der Waals surface area contributed by atoms with Gasteiger partial charge in [0.2, 0.25) is 0 Å². The summed E-state index contributed by atoms with van der Waals surface area (Å²) in [5.41, 5.74) is 5.58. The number of carboxylic acid groups (broad SMARTS) is 1. The Morgan fingerprint density at radius 3 is 2.27 bits per heavy atom. The molecule has 82 valence electrons. The SMILES string of the molecule is NCC(C(=O)O)c1cc(Cl)c(F)c(Cl)c1. The van der Waals surface area contributed by atoms with Crippen LogP contribution in [0.25, 0.3) is 0 Å². The molecule has 0 aliphatic carbocycles. The summed E-state index contributed by atoms with van der Waals surface area (Å²) >= 11 is 11.1. The summed E-state index contributed by atoms with van der Waals surface area (Å²) in [5, 5.41) is 8.40. The smallest absolute Gasteiger partial charge is 0.312 e. The Morgan fingerprint density at radius 1 is 1.47 bits per heavy atom. The summed E-state index contributed by atoms with van der Waals surface area (Å²) in [6.07, 6.45) is 0. The van der Waals surface area contributed by atoms with Gasteiger partial charge in [0.15, 0.2) is 5.82 Å². The van der Waals surface area contributed by atoms with Crippen molar-refractivity contribution < 1.29 is 14.3 Å². The van der Waals surface area contributed by atoms with E-state index in [1.807, 2.05) is 0 Å². The quantitative estimate of drug-likeness (QED) is 0.811. The molecule has 0 radical (unpaired) electrons. The van der Waals surface area contributed by atoms with Crippen LogP contribution in [0.3, 0.4) is 0 Å². The summed E-state index contributed by atoms with van der Waals surface area (Å²) in [5.74, 6) is -2.79. The largest absolute Gasteiger partial charge is 0.481 e. The highest BCUT2D eigenvalue weighted by Gasteiger charge is 2.20. The third kappa shape index (κ3) is 2.59. The Balaban J connectivity index is 3.20. The van der Waals surface area contributed by atoms with E-state index in [4.69, 9.17) is 34.0 Å². The van der Waals surface area contributed by atoms with E-state index in [-0.39, 0.29) is 16.6 Å². The zero-order valence-electron chi connectivity index (χ0n) is 7.51. The molecule has 1 aromatic carbocycles. The third-order valence-corrected chi connectivity index (χ3v) is 2.49. The van der Waals surface area contributed by atoms with Crippen LogP contribution in [-0.2, 0) is 4.79 Å². The molecular weight excluding hydrogens is 244 g/mol. The summed E-state index contributed by atoms with van der Waals surface area (Å²) in [6.45, 7) is -0.104. The molecule has 15 heavy (non-hydrogen) atoms. The predicted molar refractivity (Wildman–Crippen MR) is 55.9 cm³/mol. The van der Waals surface area contributed by atoms with Crippen molar-refractivity contribution in [1.82, 2.24) is 0 Å². The monoisotopic (exact) mass is 251 g/mol. The molecule has 0 aromatic heterocycles. The fourth-order valence-electron chi connectivity index (χ4n) is 1.16. The average Bonchev–Trinajstić information content (AvgIpc) is 2.14. The van der Waals surface area contributed by atoms with Gasteiger partial charge in [-0.25, -0.2) is 4.39 Å². The number of halogens is 3. The van der Waals surface area contributed by atoms with Crippen molar-refractivity contribution in [3.63, 3.8) is 0 Å². The molecule has 1 aromatic rings. The van der Waals surface area contributed by atoms with Gasteiger partial charge in [-0.15, -0.1) is 0 Å². The van der Waals surface area contributed by atoms with E-state index in [1.165, 1.54) is 12.1 Å².